The van der Waals surface area contributed by atoms with Crippen LogP contribution in [0.1, 0.15) is 57.2 Å². The maximum absolute atomic E-state index is 11.5. The Kier molecular flexibility index (Phi) is 4.75. The van der Waals surface area contributed by atoms with Gasteiger partial charge in [-0.25, -0.2) is 0 Å². The number of aryl methyl sites for hydroxylation is 2. The zero-order valence-electron chi connectivity index (χ0n) is 14.0. The van der Waals surface area contributed by atoms with Gasteiger partial charge in [-0.15, -0.1) is 0 Å². The minimum atomic E-state index is -0.0286. The summed E-state index contributed by atoms with van der Waals surface area (Å²) in [6, 6.07) is 6.91. The fourth-order valence-electron chi connectivity index (χ4n) is 3.02. The Labute approximate surface area is 128 Å². The summed E-state index contributed by atoms with van der Waals surface area (Å²) in [6.45, 7) is 8.98. The molecule has 0 N–H and O–H groups in total. The van der Waals surface area contributed by atoms with Gasteiger partial charge in [0, 0.05) is 0 Å². The van der Waals surface area contributed by atoms with Crippen molar-refractivity contribution in [2.45, 2.75) is 58.8 Å². The lowest BCUT2D eigenvalue weighted by Gasteiger charge is -2.21. The topological polar surface area (TPSA) is 26.3 Å². The number of rotatable bonds is 5. The normalized spacial score (nSPS) is 21.2. The van der Waals surface area contributed by atoms with Crippen LogP contribution >= 0.6 is 0 Å². The quantitative estimate of drug-likeness (QED) is 0.756. The smallest absolute Gasteiger partial charge is 0.308 e. The molecule has 2 atom stereocenters. The molecule has 1 aromatic rings. The first-order valence-corrected chi connectivity index (χ1v) is 8.07. The number of methoxy groups -OCH3 is 1. The highest BCUT2D eigenvalue weighted by Gasteiger charge is 2.43. The van der Waals surface area contributed by atoms with Crippen molar-refractivity contribution in [2.24, 2.45) is 11.8 Å². The Morgan fingerprint density at radius 3 is 2.57 bits per heavy atom. The van der Waals surface area contributed by atoms with Gasteiger partial charge < -0.3 is 4.74 Å². The average molecular weight is 288 g/mol. The maximum atomic E-state index is 11.5. The summed E-state index contributed by atoms with van der Waals surface area (Å²) in [5, 5.41) is 0. The SMILES string of the molecule is CCc1ccc(C(C)(C)C)cc1CCC1CC1C(=O)OC. The molecule has 1 aromatic carbocycles. The third-order valence-electron chi connectivity index (χ3n) is 4.66. The largest absolute Gasteiger partial charge is 0.469 e. The first-order chi connectivity index (χ1) is 9.86. The first kappa shape index (κ1) is 16.1. The van der Waals surface area contributed by atoms with Gasteiger partial charge in [-0.05, 0) is 53.7 Å². The molecule has 1 saturated carbocycles. The van der Waals surface area contributed by atoms with Crippen molar-refractivity contribution in [3.8, 4) is 0 Å². The summed E-state index contributed by atoms with van der Waals surface area (Å²) >= 11 is 0. The minimum Gasteiger partial charge on any atom is -0.469 e. The molecule has 0 amide bonds. The van der Waals surface area contributed by atoms with Crippen LogP contribution in [0.3, 0.4) is 0 Å². The molecule has 0 saturated heterocycles. The summed E-state index contributed by atoms with van der Waals surface area (Å²) < 4.78 is 4.83. The van der Waals surface area contributed by atoms with Crippen molar-refractivity contribution in [1.29, 1.82) is 0 Å². The van der Waals surface area contributed by atoms with Crippen molar-refractivity contribution in [3.63, 3.8) is 0 Å². The number of hydrogen-bond donors (Lipinski definition) is 0. The predicted molar refractivity (Wildman–Crippen MR) is 86.5 cm³/mol. The lowest BCUT2D eigenvalue weighted by Crippen LogP contribution is -2.12. The number of ether oxygens (including phenoxy) is 1. The average Bonchev–Trinajstić information content (AvgIpc) is 3.22. The fourth-order valence-corrected chi connectivity index (χ4v) is 3.02. The van der Waals surface area contributed by atoms with Crippen molar-refractivity contribution in [1.82, 2.24) is 0 Å². The Morgan fingerprint density at radius 2 is 2.00 bits per heavy atom. The van der Waals surface area contributed by atoms with Crippen molar-refractivity contribution < 1.29 is 9.53 Å². The zero-order chi connectivity index (χ0) is 15.6. The van der Waals surface area contributed by atoms with E-state index in [-0.39, 0.29) is 17.3 Å². The second-order valence-electron chi connectivity index (χ2n) is 7.25. The van der Waals surface area contributed by atoms with Crippen LogP contribution in [0.4, 0.5) is 0 Å². The molecule has 1 fully saturated rings. The molecule has 0 spiro atoms. The van der Waals surface area contributed by atoms with E-state index in [4.69, 9.17) is 4.74 Å². The van der Waals surface area contributed by atoms with E-state index < -0.39 is 0 Å². The Bertz CT molecular complexity index is 511. The molecule has 0 heterocycles. The lowest BCUT2D eigenvalue weighted by molar-refractivity contribution is -0.142. The highest BCUT2D eigenvalue weighted by Crippen LogP contribution is 2.43. The van der Waals surface area contributed by atoms with Crippen LogP contribution in [0.25, 0.3) is 0 Å². The standard InChI is InChI=1S/C19H28O2/c1-6-13-9-10-16(19(2,3)4)11-14(13)7-8-15-12-17(15)18(20)21-5/h9-11,15,17H,6-8,12H2,1-5H3. The van der Waals surface area contributed by atoms with E-state index in [1.807, 2.05) is 0 Å². The van der Waals surface area contributed by atoms with Crippen LogP contribution in [-0.2, 0) is 27.8 Å². The second kappa shape index (κ2) is 6.21. The van der Waals surface area contributed by atoms with Gasteiger partial charge >= 0.3 is 5.97 Å². The van der Waals surface area contributed by atoms with E-state index in [1.165, 1.54) is 23.8 Å². The van der Waals surface area contributed by atoms with Gasteiger partial charge in [-0.2, -0.15) is 0 Å². The lowest BCUT2D eigenvalue weighted by atomic mass is 9.84. The van der Waals surface area contributed by atoms with Crippen LogP contribution < -0.4 is 0 Å². The number of hydrogen-bond acceptors (Lipinski definition) is 2. The van der Waals surface area contributed by atoms with Crippen molar-refractivity contribution >= 4 is 5.97 Å². The summed E-state index contributed by atoms with van der Waals surface area (Å²) in [7, 11) is 1.49. The molecule has 2 heteroatoms. The molecule has 21 heavy (non-hydrogen) atoms. The van der Waals surface area contributed by atoms with Gasteiger partial charge in [0.1, 0.15) is 0 Å². The predicted octanol–water partition coefficient (Wildman–Crippen LogP) is 4.29. The van der Waals surface area contributed by atoms with Gasteiger partial charge in [-0.3, -0.25) is 4.79 Å². The van der Waals surface area contributed by atoms with Crippen LogP contribution in [0.2, 0.25) is 0 Å². The molecule has 0 aliphatic heterocycles. The molecule has 2 nitrogen and oxygen atoms in total. The summed E-state index contributed by atoms with van der Waals surface area (Å²) in [4.78, 5) is 11.5. The van der Waals surface area contributed by atoms with Crippen LogP contribution in [-0.4, -0.2) is 13.1 Å². The van der Waals surface area contributed by atoms with Crippen LogP contribution in [0, 0.1) is 11.8 Å². The van der Waals surface area contributed by atoms with Gasteiger partial charge in [0.2, 0.25) is 0 Å². The third kappa shape index (κ3) is 3.87. The van der Waals surface area contributed by atoms with Crippen LogP contribution in [0.5, 0.6) is 0 Å². The van der Waals surface area contributed by atoms with E-state index in [1.54, 1.807) is 0 Å². The number of carbonyl (C=O) groups excluding carboxylic acids is 1. The number of esters is 1. The molecule has 1 aliphatic carbocycles. The van der Waals surface area contributed by atoms with Gasteiger partial charge in [0.25, 0.3) is 0 Å². The molecule has 2 unspecified atom stereocenters. The van der Waals surface area contributed by atoms with Crippen LogP contribution in [0.15, 0.2) is 18.2 Å². The highest BCUT2D eigenvalue weighted by molar-refractivity contribution is 5.75. The van der Waals surface area contributed by atoms with Gasteiger partial charge in [0.05, 0.1) is 13.0 Å². The maximum Gasteiger partial charge on any atom is 0.308 e. The molecule has 116 valence electrons. The van der Waals surface area contributed by atoms with Gasteiger partial charge in [-0.1, -0.05) is 45.9 Å². The molecule has 0 bridgehead atoms. The highest BCUT2D eigenvalue weighted by atomic mass is 16.5. The van der Waals surface area contributed by atoms with E-state index in [0.29, 0.717) is 5.92 Å². The number of benzene rings is 1. The fraction of sp³-hybridized carbons (Fsp3) is 0.632. The number of carbonyl (C=O) groups is 1. The summed E-state index contributed by atoms with van der Waals surface area (Å²) in [5.41, 5.74) is 4.49. The molecule has 1 aliphatic rings. The van der Waals surface area contributed by atoms with E-state index in [2.05, 4.69) is 45.9 Å². The minimum absolute atomic E-state index is 0.0286. The summed E-state index contributed by atoms with van der Waals surface area (Å²) in [6.07, 6.45) is 4.25. The van der Waals surface area contributed by atoms with E-state index in [9.17, 15) is 4.79 Å². The second-order valence-corrected chi connectivity index (χ2v) is 7.25. The zero-order valence-corrected chi connectivity index (χ0v) is 14.0. The molecular weight excluding hydrogens is 260 g/mol. The molecule has 0 radical (unpaired) electrons. The van der Waals surface area contributed by atoms with Crippen molar-refractivity contribution in [2.75, 3.05) is 7.11 Å². The van der Waals surface area contributed by atoms with E-state index >= 15 is 0 Å². The Balaban J connectivity index is 2.04. The van der Waals surface area contributed by atoms with Crippen molar-refractivity contribution in [3.05, 3.63) is 34.9 Å². The van der Waals surface area contributed by atoms with Gasteiger partial charge in [0.15, 0.2) is 0 Å². The first-order valence-electron chi connectivity index (χ1n) is 8.07. The Hall–Kier alpha value is -1.31. The monoisotopic (exact) mass is 288 g/mol. The molecule has 0 aromatic heterocycles. The third-order valence-corrected chi connectivity index (χ3v) is 4.66. The van der Waals surface area contributed by atoms with E-state index in [0.717, 1.165) is 25.7 Å². The molecular formula is C19H28O2. The summed E-state index contributed by atoms with van der Waals surface area (Å²) in [5.74, 6) is 0.658. The Morgan fingerprint density at radius 1 is 1.29 bits per heavy atom. The molecule has 2 rings (SSSR count).